The lowest BCUT2D eigenvalue weighted by Crippen LogP contribution is -1.80. The molecule has 3 aromatic rings. The summed E-state index contributed by atoms with van der Waals surface area (Å²) in [7, 11) is 0. The molecular weight excluding hydrogens is 357 g/mol. The first kappa shape index (κ1) is 12.1. The highest BCUT2D eigenvalue weighted by molar-refractivity contribution is 14.1. The molecule has 0 radical (unpaired) electrons. The molecule has 4 heteroatoms. The Balaban J connectivity index is 2.10. The standard InChI is InChI=1S/C14H10INOS/c15-11-4-2-10(3-5-11)14-16-12-6-1-9(8-17)7-13(12)18-14/h1-7,17H,8H2. The molecule has 2 nitrogen and oxygen atoms in total. The Hall–Kier alpha value is -0.980. The number of thiazole rings is 1. The normalized spacial score (nSPS) is 11.0. The second-order valence-corrected chi connectivity index (χ2v) is 6.26. The maximum atomic E-state index is 9.13. The van der Waals surface area contributed by atoms with E-state index >= 15 is 0 Å². The van der Waals surface area contributed by atoms with Gasteiger partial charge in [-0.15, -0.1) is 11.3 Å². The first-order valence-corrected chi connectivity index (χ1v) is 7.42. The molecule has 0 amide bonds. The van der Waals surface area contributed by atoms with Crippen molar-refractivity contribution in [3.8, 4) is 10.6 Å². The smallest absolute Gasteiger partial charge is 0.124 e. The Morgan fingerprint density at radius 3 is 2.61 bits per heavy atom. The molecule has 0 bridgehead atoms. The van der Waals surface area contributed by atoms with Gasteiger partial charge in [-0.25, -0.2) is 4.98 Å². The first-order valence-electron chi connectivity index (χ1n) is 5.52. The van der Waals surface area contributed by atoms with Gasteiger partial charge in [0, 0.05) is 9.13 Å². The monoisotopic (exact) mass is 367 g/mol. The van der Waals surface area contributed by atoms with Crippen LogP contribution >= 0.6 is 33.9 Å². The summed E-state index contributed by atoms with van der Waals surface area (Å²) in [5, 5.41) is 10.2. The van der Waals surface area contributed by atoms with Crippen LogP contribution in [-0.4, -0.2) is 10.1 Å². The molecule has 0 spiro atoms. The van der Waals surface area contributed by atoms with Crippen molar-refractivity contribution in [3.05, 3.63) is 51.6 Å². The van der Waals surface area contributed by atoms with Crippen LogP contribution in [0.5, 0.6) is 0 Å². The minimum atomic E-state index is 0.0761. The van der Waals surface area contributed by atoms with Crippen LogP contribution in [0.2, 0.25) is 0 Å². The lowest BCUT2D eigenvalue weighted by Gasteiger charge is -1.94. The molecule has 0 atom stereocenters. The van der Waals surface area contributed by atoms with Gasteiger partial charge in [-0.1, -0.05) is 18.2 Å². The van der Waals surface area contributed by atoms with Crippen LogP contribution in [-0.2, 0) is 6.61 Å². The lowest BCUT2D eigenvalue weighted by molar-refractivity contribution is 0.282. The van der Waals surface area contributed by atoms with Gasteiger partial charge >= 0.3 is 0 Å². The molecule has 2 aromatic carbocycles. The SMILES string of the molecule is OCc1ccc2nc(-c3ccc(I)cc3)sc2c1. The van der Waals surface area contributed by atoms with Gasteiger partial charge in [-0.3, -0.25) is 0 Å². The summed E-state index contributed by atoms with van der Waals surface area (Å²) < 4.78 is 2.34. The van der Waals surface area contributed by atoms with Crippen LogP contribution in [0.4, 0.5) is 0 Å². The predicted octanol–water partition coefficient (Wildman–Crippen LogP) is 4.06. The molecule has 0 aliphatic carbocycles. The summed E-state index contributed by atoms with van der Waals surface area (Å²) in [6.45, 7) is 0.0761. The van der Waals surface area contributed by atoms with Crippen molar-refractivity contribution in [2.45, 2.75) is 6.61 Å². The Kier molecular flexibility index (Phi) is 3.32. The predicted molar refractivity (Wildman–Crippen MR) is 83.7 cm³/mol. The van der Waals surface area contributed by atoms with Gasteiger partial charge in [0.15, 0.2) is 0 Å². The molecule has 1 heterocycles. The second-order valence-electron chi connectivity index (χ2n) is 3.99. The molecule has 3 rings (SSSR count). The molecule has 0 fully saturated rings. The summed E-state index contributed by atoms with van der Waals surface area (Å²) >= 11 is 3.96. The van der Waals surface area contributed by atoms with Gasteiger partial charge in [0.2, 0.25) is 0 Å². The van der Waals surface area contributed by atoms with E-state index in [0.717, 1.165) is 26.4 Å². The summed E-state index contributed by atoms with van der Waals surface area (Å²) in [6.07, 6.45) is 0. The van der Waals surface area contributed by atoms with Gasteiger partial charge in [0.25, 0.3) is 0 Å². The number of fused-ring (bicyclic) bond motifs is 1. The third kappa shape index (κ3) is 2.28. The highest BCUT2D eigenvalue weighted by Gasteiger charge is 2.06. The van der Waals surface area contributed by atoms with Gasteiger partial charge in [0.05, 0.1) is 16.8 Å². The minimum absolute atomic E-state index is 0.0761. The fourth-order valence-corrected chi connectivity index (χ4v) is 3.18. The van der Waals surface area contributed by atoms with Crippen molar-refractivity contribution in [2.24, 2.45) is 0 Å². The molecule has 0 saturated carbocycles. The molecule has 1 aromatic heterocycles. The fourth-order valence-electron chi connectivity index (χ4n) is 1.78. The average molecular weight is 367 g/mol. The fraction of sp³-hybridized carbons (Fsp3) is 0.0714. The summed E-state index contributed by atoms with van der Waals surface area (Å²) in [6, 6.07) is 14.2. The Morgan fingerprint density at radius 2 is 1.89 bits per heavy atom. The zero-order valence-corrected chi connectivity index (χ0v) is 12.4. The van der Waals surface area contributed by atoms with Gasteiger partial charge in [-0.05, 0) is 52.4 Å². The maximum Gasteiger partial charge on any atom is 0.124 e. The van der Waals surface area contributed by atoms with E-state index in [0.29, 0.717) is 0 Å². The minimum Gasteiger partial charge on any atom is -0.392 e. The van der Waals surface area contributed by atoms with Crippen molar-refractivity contribution < 1.29 is 5.11 Å². The van der Waals surface area contributed by atoms with E-state index in [2.05, 4.69) is 51.8 Å². The Bertz CT molecular complexity index is 691. The van der Waals surface area contributed by atoms with Gasteiger partial charge in [-0.2, -0.15) is 0 Å². The van der Waals surface area contributed by atoms with Crippen LogP contribution in [0.15, 0.2) is 42.5 Å². The lowest BCUT2D eigenvalue weighted by atomic mass is 10.2. The van der Waals surface area contributed by atoms with Crippen molar-refractivity contribution >= 4 is 44.1 Å². The van der Waals surface area contributed by atoms with Gasteiger partial charge in [0.1, 0.15) is 5.01 Å². The summed E-state index contributed by atoms with van der Waals surface area (Å²) in [5.74, 6) is 0. The maximum absolute atomic E-state index is 9.13. The highest BCUT2D eigenvalue weighted by Crippen LogP contribution is 2.30. The summed E-state index contributed by atoms with van der Waals surface area (Å²) in [4.78, 5) is 4.62. The Morgan fingerprint density at radius 1 is 1.11 bits per heavy atom. The van der Waals surface area contributed by atoms with Crippen LogP contribution in [0, 0.1) is 3.57 Å². The number of halogens is 1. The van der Waals surface area contributed by atoms with E-state index in [-0.39, 0.29) is 6.61 Å². The number of hydrogen-bond acceptors (Lipinski definition) is 3. The highest BCUT2D eigenvalue weighted by atomic mass is 127. The molecule has 1 N–H and O–H groups in total. The van der Waals surface area contributed by atoms with Crippen LogP contribution in [0.25, 0.3) is 20.8 Å². The number of aliphatic hydroxyl groups excluding tert-OH is 1. The number of aromatic nitrogens is 1. The zero-order valence-electron chi connectivity index (χ0n) is 9.43. The van der Waals surface area contributed by atoms with Crippen molar-refractivity contribution in [2.75, 3.05) is 0 Å². The van der Waals surface area contributed by atoms with E-state index in [1.54, 1.807) is 11.3 Å². The van der Waals surface area contributed by atoms with E-state index in [4.69, 9.17) is 5.11 Å². The van der Waals surface area contributed by atoms with Crippen molar-refractivity contribution in [1.82, 2.24) is 4.98 Å². The number of rotatable bonds is 2. The molecule has 0 aliphatic rings. The van der Waals surface area contributed by atoms with E-state index < -0.39 is 0 Å². The largest absolute Gasteiger partial charge is 0.392 e. The quantitative estimate of drug-likeness (QED) is 0.693. The second kappa shape index (κ2) is 4.95. The molecule has 18 heavy (non-hydrogen) atoms. The summed E-state index contributed by atoms with van der Waals surface area (Å²) in [5.41, 5.74) is 3.06. The van der Waals surface area contributed by atoms with Crippen molar-refractivity contribution in [3.63, 3.8) is 0 Å². The van der Waals surface area contributed by atoms with Crippen LogP contribution in [0.3, 0.4) is 0 Å². The van der Waals surface area contributed by atoms with E-state index in [9.17, 15) is 0 Å². The third-order valence-corrected chi connectivity index (χ3v) is 4.51. The molecule has 0 saturated heterocycles. The number of aliphatic hydroxyl groups is 1. The zero-order chi connectivity index (χ0) is 12.5. The molecule has 90 valence electrons. The number of hydrogen-bond donors (Lipinski definition) is 1. The molecular formula is C14H10INOS. The average Bonchev–Trinajstić information content (AvgIpc) is 2.82. The van der Waals surface area contributed by atoms with Crippen LogP contribution < -0.4 is 0 Å². The van der Waals surface area contributed by atoms with E-state index in [1.807, 2.05) is 18.2 Å². The topological polar surface area (TPSA) is 33.1 Å². The first-order chi connectivity index (χ1) is 8.76. The van der Waals surface area contributed by atoms with Crippen LogP contribution in [0.1, 0.15) is 5.56 Å². The van der Waals surface area contributed by atoms with Gasteiger partial charge < -0.3 is 5.11 Å². The Labute approximate surface area is 122 Å². The molecule has 0 unspecified atom stereocenters. The third-order valence-electron chi connectivity index (χ3n) is 2.73. The number of nitrogens with zero attached hydrogens (tertiary/aromatic N) is 1. The number of benzene rings is 2. The van der Waals surface area contributed by atoms with E-state index in [1.165, 1.54) is 3.57 Å². The molecule has 0 aliphatic heterocycles. The van der Waals surface area contributed by atoms with Crippen molar-refractivity contribution in [1.29, 1.82) is 0 Å².